The molecule has 0 saturated carbocycles. The summed E-state index contributed by atoms with van der Waals surface area (Å²) < 4.78 is 10.1. The SMILES string of the molecule is COc1cccnc1OCC(O)CO. The molecular weight excluding hydrogens is 186 g/mol. The molecule has 0 aliphatic carbocycles. The first-order valence-corrected chi connectivity index (χ1v) is 4.18. The third-order valence-corrected chi connectivity index (χ3v) is 1.58. The molecule has 1 unspecified atom stereocenters. The van der Waals surface area contributed by atoms with Crippen LogP contribution in [0.4, 0.5) is 0 Å². The molecule has 1 aromatic heterocycles. The van der Waals surface area contributed by atoms with E-state index in [-0.39, 0.29) is 13.2 Å². The lowest BCUT2D eigenvalue weighted by molar-refractivity contribution is 0.0511. The molecule has 5 nitrogen and oxygen atoms in total. The number of ether oxygens (including phenoxy) is 2. The average Bonchev–Trinajstić information content (AvgIpc) is 2.26. The topological polar surface area (TPSA) is 71.8 Å². The molecule has 1 heterocycles. The van der Waals surface area contributed by atoms with Gasteiger partial charge in [0.15, 0.2) is 5.75 Å². The quantitative estimate of drug-likeness (QED) is 0.688. The van der Waals surface area contributed by atoms with Crippen LogP contribution in [0.5, 0.6) is 11.6 Å². The van der Waals surface area contributed by atoms with E-state index in [1.165, 1.54) is 7.11 Å². The van der Waals surface area contributed by atoms with Crippen molar-refractivity contribution in [1.82, 2.24) is 4.98 Å². The molecule has 0 radical (unpaired) electrons. The number of hydrogen-bond acceptors (Lipinski definition) is 5. The van der Waals surface area contributed by atoms with Crippen LogP contribution in [0.2, 0.25) is 0 Å². The molecule has 5 heteroatoms. The van der Waals surface area contributed by atoms with Crippen LogP contribution in [0.15, 0.2) is 18.3 Å². The van der Waals surface area contributed by atoms with Gasteiger partial charge in [-0.25, -0.2) is 4.98 Å². The van der Waals surface area contributed by atoms with Crippen molar-refractivity contribution in [1.29, 1.82) is 0 Å². The highest BCUT2D eigenvalue weighted by atomic mass is 16.5. The normalized spacial score (nSPS) is 12.2. The van der Waals surface area contributed by atoms with Crippen LogP contribution in [-0.2, 0) is 0 Å². The molecule has 14 heavy (non-hydrogen) atoms. The number of aromatic nitrogens is 1. The summed E-state index contributed by atoms with van der Waals surface area (Å²) in [7, 11) is 1.51. The number of pyridine rings is 1. The fourth-order valence-corrected chi connectivity index (χ4v) is 0.868. The molecular formula is C9H13NO4. The van der Waals surface area contributed by atoms with Crippen molar-refractivity contribution in [2.24, 2.45) is 0 Å². The number of nitrogens with zero attached hydrogens (tertiary/aromatic N) is 1. The Bertz CT molecular complexity index is 279. The highest BCUT2D eigenvalue weighted by Crippen LogP contribution is 2.22. The van der Waals surface area contributed by atoms with E-state index in [0.29, 0.717) is 11.6 Å². The van der Waals surface area contributed by atoms with Crippen molar-refractivity contribution in [3.05, 3.63) is 18.3 Å². The van der Waals surface area contributed by atoms with Gasteiger partial charge in [0.25, 0.3) is 5.88 Å². The second kappa shape index (κ2) is 5.41. The van der Waals surface area contributed by atoms with Crippen molar-refractivity contribution < 1.29 is 19.7 Å². The van der Waals surface area contributed by atoms with Crippen LogP contribution < -0.4 is 9.47 Å². The Morgan fingerprint density at radius 1 is 1.57 bits per heavy atom. The molecule has 0 spiro atoms. The first-order valence-electron chi connectivity index (χ1n) is 4.18. The van der Waals surface area contributed by atoms with Crippen LogP contribution in [0.3, 0.4) is 0 Å². The van der Waals surface area contributed by atoms with Gasteiger partial charge in [-0.2, -0.15) is 0 Å². The average molecular weight is 199 g/mol. The molecule has 0 aromatic carbocycles. The van der Waals surface area contributed by atoms with E-state index < -0.39 is 6.10 Å². The van der Waals surface area contributed by atoms with Crippen molar-refractivity contribution in [3.63, 3.8) is 0 Å². The summed E-state index contributed by atoms with van der Waals surface area (Å²) >= 11 is 0. The van der Waals surface area contributed by atoms with Gasteiger partial charge in [0.1, 0.15) is 12.7 Å². The summed E-state index contributed by atoms with van der Waals surface area (Å²) in [5, 5.41) is 17.6. The molecule has 1 rings (SSSR count). The minimum atomic E-state index is -0.901. The first-order chi connectivity index (χ1) is 6.77. The van der Waals surface area contributed by atoms with Gasteiger partial charge in [-0.1, -0.05) is 0 Å². The summed E-state index contributed by atoms with van der Waals surface area (Å²) in [5.74, 6) is 0.806. The number of rotatable bonds is 5. The smallest absolute Gasteiger partial charge is 0.257 e. The van der Waals surface area contributed by atoms with Gasteiger partial charge in [0, 0.05) is 6.20 Å². The van der Waals surface area contributed by atoms with Crippen molar-refractivity contribution in [2.45, 2.75) is 6.10 Å². The summed E-state index contributed by atoms with van der Waals surface area (Å²) in [4.78, 5) is 3.92. The maximum atomic E-state index is 9.04. The van der Waals surface area contributed by atoms with Crippen molar-refractivity contribution >= 4 is 0 Å². The van der Waals surface area contributed by atoms with Crippen LogP contribution >= 0.6 is 0 Å². The summed E-state index contributed by atoms with van der Waals surface area (Å²) in [6.45, 7) is -0.348. The molecule has 0 fully saturated rings. The van der Waals surface area contributed by atoms with Gasteiger partial charge in [-0.15, -0.1) is 0 Å². The maximum Gasteiger partial charge on any atom is 0.257 e. The highest BCUT2D eigenvalue weighted by molar-refractivity contribution is 5.32. The fourth-order valence-electron chi connectivity index (χ4n) is 0.868. The molecule has 0 aliphatic rings. The van der Waals surface area contributed by atoms with Gasteiger partial charge in [-0.3, -0.25) is 0 Å². The third kappa shape index (κ3) is 2.86. The van der Waals surface area contributed by atoms with Gasteiger partial charge in [0.05, 0.1) is 13.7 Å². The standard InChI is InChI=1S/C9H13NO4/c1-13-8-3-2-4-10-9(8)14-6-7(12)5-11/h2-4,7,11-12H,5-6H2,1H3. The van der Waals surface area contributed by atoms with Crippen LogP contribution in [0.25, 0.3) is 0 Å². The lowest BCUT2D eigenvalue weighted by atomic mass is 10.4. The van der Waals surface area contributed by atoms with Crippen LogP contribution in [0, 0.1) is 0 Å². The zero-order valence-corrected chi connectivity index (χ0v) is 7.88. The monoisotopic (exact) mass is 199 g/mol. The Balaban J connectivity index is 2.57. The Hall–Kier alpha value is -1.33. The minimum absolute atomic E-state index is 0.0100. The van der Waals surface area contributed by atoms with Crippen LogP contribution in [-0.4, -0.2) is 41.6 Å². The van der Waals surface area contributed by atoms with Gasteiger partial charge in [-0.05, 0) is 12.1 Å². The van der Waals surface area contributed by atoms with E-state index in [9.17, 15) is 0 Å². The van der Waals surface area contributed by atoms with Crippen LogP contribution in [0.1, 0.15) is 0 Å². The Kier molecular flexibility index (Phi) is 4.15. The summed E-state index contributed by atoms with van der Waals surface area (Å²) in [6.07, 6.45) is 0.658. The molecule has 0 amide bonds. The largest absolute Gasteiger partial charge is 0.491 e. The van der Waals surface area contributed by atoms with Gasteiger partial charge < -0.3 is 19.7 Å². The molecule has 1 atom stereocenters. The molecule has 0 aliphatic heterocycles. The number of aliphatic hydroxyl groups excluding tert-OH is 2. The third-order valence-electron chi connectivity index (χ3n) is 1.58. The highest BCUT2D eigenvalue weighted by Gasteiger charge is 2.07. The predicted molar refractivity (Wildman–Crippen MR) is 49.4 cm³/mol. The summed E-state index contributed by atoms with van der Waals surface area (Å²) in [5.41, 5.74) is 0. The molecule has 78 valence electrons. The van der Waals surface area contributed by atoms with E-state index in [0.717, 1.165) is 0 Å². The van der Waals surface area contributed by atoms with Crippen molar-refractivity contribution in [2.75, 3.05) is 20.3 Å². The van der Waals surface area contributed by atoms with Crippen molar-refractivity contribution in [3.8, 4) is 11.6 Å². The lowest BCUT2D eigenvalue weighted by Gasteiger charge is -2.11. The molecule has 0 saturated heterocycles. The second-order valence-corrected chi connectivity index (χ2v) is 2.66. The maximum absolute atomic E-state index is 9.04. The summed E-state index contributed by atoms with van der Waals surface area (Å²) in [6, 6.07) is 3.42. The Morgan fingerprint density at radius 3 is 3.00 bits per heavy atom. The fraction of sp³-hybridized carbons (Fsp3) is 0.444. The van der Waals surface area contributed by atoms with E-state index in [1.54, 1.807) is 18.3 Å². The zero-order chi connectivity index (χ0) is 10.4. The number of hydrogen-bond donors (Lipinski definition) is 2. The first kappa shape index (κ1) is 10.7. The zero-order valence-electron chi connectivity index (χ0n) is 7.88. The minimum Gasteiger partial charge on any atom is -0.491 e. The Labute approximate surface area is 81.9 Å². The van der Waals surface area contributed by atoms with E-state index in [2.05, 4.69) is 4.98 Å². The lowest BCUT2D eigenvalue weighted by Crippen LogP contribution is -2.21. The van der Waals surface area contributed by atoms with Gasteiger partial charge >= 0.3 is 0 Å². The number of aliphatic hydroxyl groups is 2. The number of methoxy groups -OCH3 is 1. The Morgan fingerprint density at radius 2 is 2.36 bits per heavy atom. The van der Waals surface area contributed by atoms with E-state index in [1.807, 2.05) is 0 Å². The second-order valence-electron chi connectivity index (χ2n) is 2.66. The predicted octanol–water partition coefficient (Wildman–Crippen LogP) is -0.178. The molecule has 2 N–H and O–H groups in total. The van der Waals surface area contributed by atoms with E-state index >= 15 is 0 Å². The molecule has 0 bridgehead atoms. The van der Waals surface area contributed by atoms with E-state index in [4.69, 9.17) is 19.7 Å². The molecule has 1 aromatic rings. The van der Waals surface area contributed by atoms with Gasteiger partial charge in [0.2, 0.25) is 0 Å².